The number of halogens is 3. The van der Waals surface area contributed by atoms with Crippen LogP contribution in [0.15, 0.2) is 10.5 Å². The van der Waals surface area contributed by atoms with Gasteiger partial charge in [0.15, 0.2) is 0 Å². The molecule has 1 aromatic heterocycles. The first-order valence-electron chi connectivity index (χ1n) is 3.87. The summed E-state index contributed by atoms with van der Waals surface area (Å²) in [6, 6.07) is 1.19. The maximum atomic E-state index is 12.3. The van der Waals surface area contributed by atoms with Crippen LogP contribution in [-0.4, -0.2) is 10.1 Å². The van der Waals surface area contributed by atoms with Gasteiger partial charge in [-0.3, -0.25) is 4.98 Å². The zero-order chi connectivity index (χ0) is 10.7. The fourth-order valence-corrected chi connectivity index (χ4v) is 1.65. The molecule has 6 heteroatoms. The van der Waals surface area contributed by atoms with Gasteiger partial charge in [-0.1, -0.05) is 15.9 Å². The normalized spacial score (nSPS) is 11.0. The molecule has 0 aromatic carbocycles. The van der Waals surface area contributed by atoms with Crippen molar-refractivity contribution < 1.29 is 13.9 Å². The first-order chi connectivity index (χ1) is 6.60. The van der Waals surface area contributed by atoms with Crippen LogP contribution in [-0.2, 0) is 13.2 Å². The number of aliphatic hydroxyl groups is 1. The SMILES string of the molecule is NCc1nc(C(F)F)cc(Br)c1CO. The quantitative estimate of drug-likeness (QED) is 0.876. The second-order valence-corrected chi connectivity index (χ2v) is 3.47. The summed E-state index contributed by atoms with van der Waals surface area (Å²) in [5, 5.41) is 8.95. The van der Waals surface area contributed by atoms with Crippen molar-refractivity contribution >= 4 is 15.9 Å². The summed E-state index contributed by atoms with van der Waals surface area (Å²) >= 11 is 3.08. The highest BCUT2D eigenvalue weighted by molar-refractivity contribution is 9.10. The maximum Gasteiger partial charge on any atom is 0.280 e. The van der Waals surface area contributed by atoms with E-state index in [1.165, 1.54) is 6.07 Å². The predicted octanol–water partition coefficient (Wildman–Crippen LogP) is 1.73. The molecule has 0 bridgehead atoms. The lowest BCUT2D eigenvalue weighted by molar-refractivity contribution is 0.145. The number of aliphatic hydroxyl groups excluding tert-OH is 1. The Hall–Kier alpha value is -0.590. The van der Waals surface area contributed by atoms with Crippen molar-refractivity contribution in [2.45, 2.75) is 19.6 Å². The summed E-state index contributed by atoms with van der Waals surface area (Å²) in [7, 11) is 0. The Morgan fingerprint density at radius 3 is 2.64 bits per heavy atom. The molecule has 1 rings (SSSR count). The molecule has 0 atom stereocenters. The van der Waals surface area contributed by atoms with Crippen molar-refractivity contribution in [2.75, 3.05) is 0 Å². The van der Waals surface area contributed by atoms with E-state index in [0.29, 0.717) is 10.0 Å². The van der Waals surface area contributed by atoms with Gasteiger partial charge in [-0.05, 0) is 6.07 Å². The first-order valence-corrected chi connectivity index (χ1v) is 4.66. The monoisotopic (exact) mass is 266 g/mol. The molecular weight excluding hydrogens is 258 g/mol. The number of pyridine rings is 1. The summed E-state index contributed by atoms with van der Waals surface area (Å²) < 4.78 is 25.0. The summed E-state index contributed by atoms with van der Waals surface area (Å²) in [4.78, 5) is 3.66. The molecule has 14 heavy (non-hydrogen) atoms. The van der Waals surface area contributed by atoms with E-state index in [1.807, 2.05) is 0 Å². The average molecular weight is 267 g/mol. The number of nitrogens with two attached hydrogens (primary N) is 1. The molecule has 0 aliphatic heterocycles. The van der Waals surface area contributed by atoms with Crippen molar-refractivity contribution in [3.8, 4) is 0 Å². The van der Waals surface area contributed by atoms with Gasteiger partial charge in [0.25, 0.3) is 6.43 Å². The molecule has 0 unspecified atom stereocenters. The van der Waals surface area contributed by atoms with Crippen LogP contribution in [0.5, 0.6) is 0 Å². The topological polar surface area (TPSA) is 59.1 Å². The van der Waals surface area contributed by atoms with Crippen molar-refractivity contribution in [1.82, 2.24) is 4.98 Å². The molecule has 0 fully saturated rings. The van der Waals surface area contributed by atoms with Crippen molar-refractivity contribution in [2.24, 2.45) is 5.73 Å². The average Bonchev–Trinajstić information content (AvgIpc) is 2.16. The van der Waals surface area contributed by atoms with Crippen LogP contribution in [0.3, 0.4) is 0 Å². The zero-order valence-corrected chi connectivity index (χ0v) is 8.76. The molecule has 0 saturated heterocycles. The Kier molecular flexibility index (Phi) is 3.91. The van der Waals surface area contributed by atoms with Gasteiger partial charge in [0.1, 0.15) is 5.69 Å². The van der Waals surface area contributed by atoms with Gasteiger partial charge in [-0.2, -0.15) is 0 Å². The number of rotatable bonds is 3. The van der Waals surface area contributed by atoms with Crippen LogP contribution in [0, 0.1) is 0 Å². The lowest BCUT2D eigenvalue weighted by Gasteiger charge is -2.09. The highest BCUT2D eigenvalue weighted by Gasteiger charge is 2.14. The minimum atomic E-state index is -2.63. The van der Waals surface area contributed by atoms with E-state index in [9.17, 15) is 8.78 Å². The van der Waals surface area contributed by atoms with E-state index in [4.69, 9.17) is 10.8 Å². The molecule has 0 aliphatic rings. The molecule has 0 aliphatic carbocycles. The smallest absolute Gasteiger partial charge is 0.280 e. The Morgan fingerprint density at radius 1 is 1.57 bits per heavy atom. The Morgan fingerprint density at radius 2 is 2.21 bits per heavy atom. The van der Waals surface area contributed by atoms with Gasteiger partial charge in [-0.25, -0.2) is 8.78 Å². The van der Waals surface area contributed by atoms with Gasteiger partial charge in [0, 0.05) is 16.6 Å². The number of hydrogen-bond acceptors (Lipinski definition) is 3. The van der Waals surface area contributed by atoms with Crippen molar-refractivity contribution in [1.29, 1.82) is 0 Å². The molecule has 0 spiro atoms. The number of alkyl halides is 2. The van der Waals surface area contributed by atoms with Gasteiger partial charge in [-0.15, -0.1) is 0 Å². The molecule has 78 valence electrons. The first kappa shape index (κ1) is 11.5. The molecule has 1 aromatic rings. The van der Waals surface area contributed by atoms with Crippen molar-refractivity contribution in [3.63, 3.8) is 0 Å². The van der Waals surface area contributed by atoms with Gasteiger partial charge in [0.2, 0.25) is 0 Å². The second-order valence-electron chi connectivity index (χ2n) is 2.62. The lowest BCUT2D eigenvalue weighted by Crippen LogP contribution is -2.08. The summed E-state index contributed by atoms with van der Waals surface area (Å²) in [5.74, 6) is 0. The highest BCUT2D eigenvalue weighted by atomic mass is 79.9. The van der Waals surface area contributed by atoms with Crippen LogP contribution in [0.25, 0.3) is 0 Å². The van der Waals surface area contributed by atoms with Gasteiger partial charge < -0.3 is 10.8 Å². The third kappa shape index (κ3) is 2.26. The molecule has 3 nitrogen and oxygen atoms in total. The second kappa shape index (κ2) is 4.77. The third-order valence-corrected chi connectivity index (χ3v) is 2.46. The minimum Gasteiger partial charge on any atom is -0.392 e. The number of aromatic nitrogens is 1. The van der Waals surface area contributed by atoms with E-state index in [-0.39, 0.29) is 24.5 Å². The van der Waals surface area contributed by atoms with Crippen LogP contribution in [0.1, 0.15) is 23.4 Å². The van der Waals surface area contributed by atoms with Crippen LogP contribution >= 0.6 is 15.9 Å². The lowest BCUT2D eigenvalue weighted by atomic mass is 10.2. The van der Waals surface area contributed by atoms with Crippen molar-refractivity contribution in [3.05, 3.63) is 27.5 Å². The summed E-state index contributed by atoms with van der Waals surface area (Å²) in [6.07, 6.45) is -2.63. The molecule has 0 radical (unpaired) electrons. The van der Waals surface area contributed by atoms with E-state index in [0.717, 1.165) is 0 Å². The zero-order valence-electron chi connectivity index (χ0n) is 7.17. The highest BCUT2D eigenvalue weighted by Crippen LogP contribution is 2.25. The summed E-state index contributed by atoms with van der Waals surface area (Å²) in [5.41, 5.74) is 5.73. The number of hydrogen-bond donors (Lipinski definition) is 2. The standard InChI is InChI=1S/C8H9BrF2N2O/c9-5-1-6(8(10)11)13-7(2-12)4(5)3-14/h1,8,14H,2-3,12H2. The van der Waals surface area contributed by atoms with Crippen LogP contribution in [0.4, 0.5) is 8.78 Å². The molecular formula is C8H9BrF2N2O. The fraction of sp³-hybridized carbons (Fsp3) is 0.375. The Balaban J connectivity index is 3.24. The fourth-order valence-electron chi connectivity index (χ4n) is 1.06. The third-order valence-electron chi connectivity index (χ3n) is 1.75. The molecule has 1 heterocycles. The van der Waals surface area contributed by atoms with E-state index in [1.54, 1.807) is 0 Å². The maximum absolute atomic E-state index is 12.3. The van der Waals surface area contributed by atoms with E-state index >= 15 is 0 Å². The largest absolute Gasteiger partial charge is 0.392 e. The van der Waals surface area contributed by atoms with E-state index < -0.39 is 6.43 Å². The molecule has 0 saturated carbocycles. The van der Waals surface area contributed by atoms with E-state index in [2.05, 4.69) is 20.9 Å². The van der Waals surface area contributed by atoms with Gasteiger partial charge in [0.05, 0.1) is 12.3 Å². The molecule has 3 N–H and O–H groups in total. The van der Waals surface area contributed by atoms with Crippen LogP contribution in [0.2, 0.25) is 0 Å². The van der Waals surface area contributed by atoms with Crippen LogP contribution < -0.4 is 5.73 Å². The minimum absolute atomic E-state index is 0.0229. The Labute approximate surface area is 88.1 Å². The number of nitrogens with zero attached hydrogens (tertiary/aromatic N) is 1. The van der Waals surface area contributed by atoms with Gasteiger partial charge >= 0.3 is 0 Å². The Bertz CT molecular complexity index is 333. The predicted molar refractivity (Wildman–Crippen MR) is 50.7 cm³/mol. The summed E-state index contributed by atoms with van der Waals surface area (Å²) in [6.45, 7) is -0.251. The molecule has 0 amide bonds.